The van der Waals surface area contributed by atoms with Gasteiger partial charge in [0.25, 0.3) is 0 Å². The minimum atomic E-state index is 0.478. The first-order chi connectivity index (χ1) is 7.74. The lowest BCUT2D eigenvalue weighted by atomic mass is 10.1. The van der Waals surface area contributed by atoms with E-state index in [-0.39, 0.29) is 0 Å². The van der Waals surface area contributed by atoms with Gasteiger partial charge in [-0.05, 0) is 25.5 Å². The molecule has 0 radical (unpaired) electrons. The highest BCUT2D eigenvalue weighted by Gasteiger charge is 2.13. The number of hydrogen-bond acceptors (Lipinski definition) is 3. The molecule has 0 unspecified atom stereocenters. The first-order valence-corrected chi connectivity index (χ1v) is 5.95. The largest absolute Gasteiger partial charge is 0.493 e. The molecule has 0 heterocycles. The summed E-state index contributed by atoms with van der Waals surface area (Å²) in [5, 5.41) is 0. The van der Waals surface area contributed by atoms with Crippen LogP contribution < -0.4 is 9.47 Å². The Bertz CT molecular complexity index is 364. The Kier molecular flexibility index (Phi) is 5.32. The van der Waals surface area contributed by atoms with E-state index in [1.54, 1.807) is 7.11 Å². The van der Waals surface area contributed by atoms with Gasteiger partial charge in [0.1, 0.15) is 6.29 Å². The molecule has 16 heavy (non-hydrogen) atoms. The van der Waals surface area contributed by atoms with Gasteiger partial charge in [-0.1, -0.05) is 15.9 Å². The fourth-order valence-electron chi connectivity index (χ4n) is 1.48. The van der Waals surface area contributed by atoms with E-state index in [2.05, 4.69) is 15.9 Å². The van der Waals surface area contributed by atoms with Crippen LogP contribution in [0.15, 0.2) is 16.6 Å². The lowest BCUT2D eigenvalue weighted by molar-refractivity contribution is -0.107. The number of carbonyl (C=O) groups excluding carboxylic acids is 1. The fraction of sp³-hybridized carbons (Fsp3) is 0.417. The van der Waals surface area contributed by atoms with E-state index in [9.17, 15) is 4.79 Å². The Morgan fingerprint density at radius 1 is 1.44 bits per heavy atom. The molecule has 3 nitrogen and oxygen atoms in total. The number of aldehydes is 1. The maximum absolute atomic E-state index is 10.4. The third-order valence-corrected chi connectivity index (χ3v) is 2.93. The molecule has 0 amide bonds. The molecule has 0 bridgehead atoms. The van der Waals surface area contributed by atoms with Crippen molar-refractivity contribution >= 4 is 22.2 Å². The smallest absolute Gasteiger partial charge is 0.165 e. The highest BCUT2D eigenvalue weighted by Crippen LogP contribution is 2.36. The van der Waals surface area contributed by atoms with Crippen molar-refractivity contribution in [3.05, 3.63) is 22.2 Å². The third kappa shape index (κ3) is 2.98. The molecule has 0 aliphatic heterocycles. The molecule has 0 aromatic heterocycles. The van der Waals surface area contributed by atoms with Crippen molar-refractivity contribution < 1.29 is 14.3 Å². The van der Waals surface area contributed by atoms with Gasteiger partial charge in [-0.15, -0.1) is 0 Å². The quantitative estimate of drug-likeness (QED) is 0.754. The van der Waals surface area contributed by atoms with Crippen molar-refractivity contribution in [2.45, 2.75) is 19.8 Å². The summed E-state index contributed by atoms with van der Waals surface area (Å²) in [7, 11) is 1.61. The standard InChI is InChI=1S/C12H15BrO3/c1-3-16-12-9(5-4-8-14)10(13)6-7-11(12)15-2/h6-8H,3-5H2,1-2H3. The summed E-state index contributed by atoms with van der Waals surface area (Å²) in [6, 6.07) is 3.75. The molecule has 0 atom stereocenters. The fourth-order valence-corrected chi connectivity index (χ4v) is 1.99. The van der Waals surface area contributed by atoms with Crippen LogP contribution in [0.5, 0.6) is 11.5 Å². The van der Waals surface area contributed by atoms with E-state index < -0.39 is 0 Å². The molecule has 4 heteroatoms. The third-order valence-electron chi connectivity index (χ3n) is 2.19. The number of hydrogen-bond donors (Lipinski definition) is 0. The van der Waals surface area contributed by atoms with E-state index in [0.29, 0.717) is 25.2 Å². The number of ether oxygens (including phenoxy) is 2. The van der Waals surface area contributed by atoms with Crippen molar-refractivity contribution in [3.8, 4) is 11.5 Å². The summed E-state index contributed by atoms with van der Waals surface area (Å²) in [4.78, 5) is 10.4. The highest BCUT2D eigenvalue weighted by molar-refractivity contribution is 9.10. The van der Waals surface area contributed by atoms with Gasteiger partial charge in [0.15, 0.2) is 11.5 Å². The Labute approximate surface area is 104 Å². The van der Waals surface area contributed by atoms with Gasteiger partial charge in [-0.25, -0.2) is 0 Å². The molecule has 0 saturated heterocycles. The summed E-state index contributed by atoms with van der Waals surface area (Å²) >= 11 is 3.46. The lowest BCUT2D eigenvalue weighted by Gasteiger charge is -2.15. The summed E-state index contributed by atoms with van der Waals surface area (Å²) < 4.78 is 11.7. The van der Waals surface area contributed by atoms with Crippen LogP contribution in [0, 0.1) is 0 Å². The maximum atomic E-state index is 10.4. The topological polar surface area (TPSA) is 35.5 Å². The van der Waals surface area contributed by atoms with Crippen LogP contribution in [-0.4, -0.2) is 20.0 Å². The molecule has 1 aromatic carbocycles. The van der Waals surface area contributed by atoms with E-state index in [4.69, 9.17) is 9.47 Å². The Morgan fingerprint density at radius 2 is 2.19 bits per heavy atom. The second-order valence-corrected chi connectivity index (χ2v) is 4.05. The van der Waals surface area contributed by atoms with Crippen LogP contribution in [0.1, 0.15) is 18.9 Å². The summed E-state index contributed by atoms with van der Waals surface area (Å²) in [6.45, 7) is 2.49. The lowest BCUT2D eigenvalue weighted by Crippen LogP contribution is -2.01. The molecule has 0 aliphatic rings. The number of halogens is 1. The number of rotatable bonds is 6. The van der Waals surface area contributed by atoms with Crippen LogP contribution in [0.4, 0.5) is 0 Å². The Hall–Kier alpha value is -1.03. The molecule has 0 saturated carbocycles. The van der Waals surface area contributed by atoms with Gasteiger partial charge in [0.05, 0.1) is 13.7 Å². The zero-order chi connectivity index (χ0) is 12.0. The minimum Gasteiger partial charge on any atom is -0.493 e. The predicted molar refractivity (Wildman–Crippen MR) is 66.2 cm³/mol. The first-order valence-electron chi connectivity index (χ1n) is 5.16. The minimum absolute atomic E-state index is 0.478. The first kappa shape index (κ1) is 13.0. The SMILES string of the molecule is CCOc1c(OC)ccc(Br)c1CCC=O. The molecule has 0 aliphatic carbocycles. The Balaban J connectivity index is 3.12. The van der Waals surface area contributed by atoms with Crippen molar-refractivity contribution in [2.75, 3.05) is 13.7 Å². The molecule has 0 spiro atoms. The average Bonchev–Trinajstić information content (AvgIpc) is 2.29. The van der Waals surface area contributed by atoms with E-state index >= 15 is 0 Å². The van der Waals surface area contributed by atoms with Gasteiger partial charge in [0, 0.05) is 16.5 Å². The van der Waals surface area contributed by atoms with E-state index in [0.717, 1.165) is 22.1 Å². The summed E-state index contributed by atoms with van der Waals surface area (Å²) in [6.07, 6.45) is 2.03. The summed E-state index contributed by atoms with van der Waals surface area (Å²) in [5.41, 5.74) is 0.980. The van der Waals surface area contributed by atoms with Crippen LogP contribution >= 0.6 is 15.9 Å². The van der Waals surface area contributed by atoms with Gasteiger partial charge < -0.3 is 14.3 Å². The molecule has 0 fully saturated rings. The van der Waals surface area contributed by atoms with Gasteiger partial charge >= 0.3 is 0 Å². The van der Waals surface area contributed by atoms with Crippen LogP contribution in [-0.2, 0) is 11.2 Å². The molecule has 88 valence electrons. The van der Waals surface area contributed by atoms with Crippen LogP contribution in [0.2, 0.25) is 0 Å². The van der Waals surface area contributed by atoms with Gasteiger partial charge in [0.2, 0.25) is 0 Å². The average molecular weight is 287 g/mol. The normalized spacial score (nSPS) is 9.94. The molecule has 1 rings (SSSR count). The second kappa shape index (κ2) is 6.53. The van der Waals surface area contributed by atoms with Gasteiger partial charge in [-0.2, -0.15) is 0 Å². The van der Waals surface area contributed by atoms with Crippen molar-refractivity contribution in [3.63, 3.8) is 0 Å². The second-order valence-electron chi connectivity index (χ2n) is 3.20. The van der Waals surface area contributed by atoms with Gasteiger partial charge in [-0.3, -0.25) is 0 Å². The maximum Gasteiger partial charge on any atom is 0.165 e. The molecule has 0 N–H and O–H groups in total. The Morgan fingerprint density at radius 3 is 2.75 bits per heavy atom. The van der Waals surface area contributed by atoms with E-state index in [1.807, 2.05) is 19.1 Å². The monoisotopic (exact) mass is 286 g/mol. The van der Waals surface area contributed by atoms with Crippen molar-refractivity contribution in [1.82, 2.24) is 0 Å². The zero-order valence-corrected chi connectivity index (χ0v) is 11.0. The van der Waals surface area contributed by atoms with E-state index in [1.165, 1.54) is 0 Å². The van der Waals surface area contributed by atoms with Crippen LogP contribution in [0.3, 0.4) is 0 Å². The number of benzene rings is 1. The zero-order valence-electron chi connectivity index (χ0n) is 9.46. The summed E-state index contributed by atoms with van der Waals surface area (Å²) in [5.74, 6) is 1.42. The highest BCUT2D eigenvalue weighted by atomic mass is 79.9. The predicted octanol–water partition coefficient (Wildman–Crippen LogP) is 2.99. The molecule has 1 aromatic rings. The molecular weight excluding hydrogens is 272 g/mol. The van der Waals surface area contributed by atoms with Crippen molar-refractivity contribution in [2.24, 2.45) is 0 Å². The number of carbonyl (C=O) groups is 1. The number of methoxy groups -OCH3 is 1. The van der Waals surface area contributed by atoms with Crippen LogP contribution in [0.25, 0.3) is 0 Å². The molecular formula is C12H15BrO3. The van der Waals surface area contributed by atoms with Crippen molar-refractivity contribution in [1.29, 1.82) is 0 Å².